The lowest BCUT2D eigenvalue weighted by atomic mass is 9.74. The van der Waals surface area contributed by atoms with Gasteiger partial charge in [0.1, 0.15) is 5.75 Å². The number of hydrogen-bond acceptors (Lipinski definition) is 2. The maximum absolute atomic E-state index is 12.4. The highest BCUT2D eigenvalue weighted by atomic mass is 19.4. The molecule has 116 valence electrons. The van der Waals surface area contributed by atoms with Gasteiger partial charge in [-0.15, -0.1) is 13.2 Å². The van der Waals surface area contributed by atoms with E-state index in [2.05, 4.69) is 17.0 Å². The molecular weight excluding hydrogens is 279 g/mol. The third-order valence-corrected chi connectivity index (χ3v) is 4.71. The summed E-state index contributed by atoms with van der Waals surface area (Å²) in [6, 6.07) is 4.64. The van der Waals surface area contributed by atoms with E-state index in [1.54, 1.807) is 12.1 Å². The molecule has 1 N–H and O–H groups in total. The van der Waals surface area contributed by atoms with Crippen LogP contribution in [0.15, 0.2) is 18.2 Å². The number of fused-ring (bicyclic) bond motifs is 1. The van der Waals surface area contributed by atoms with Crippen LogP contribution in [0.4, 0.5) is 18.9 Å². The first-order chi connectivity index (χ1) is 9.92. The maximum atomic E-state index is 12.4. The third-order valence-electron chi connectivity index (χ3n) is 4.71. The molecule has 0 saturated heterocycles. The average Bonchev–Trinajstić information content (AvgIpc) is 2.80. The summed E-state index contributed by atoms with van der Waals surface area (Å²) in [4.78, 5) is 0. The molecule has 2 aliphatic rings. The Morgan fingerprint density at radius 2 is 2.05 bits per heavy atom. The van der Waals surface area contributed by atoms with Crippen molar-refractivity contribution in [2.45, 2.75) is 44.9 Å². The van der Waals surface area contributed by atoms with Gasteiger partial charge in [-0.25, -0.2) is 0 Å². The lowest BCUT2D eigenvalue weighted by Crippen LogP contribution is -2.21. The first kappa shape index (κ1) is 14.5. The highest BCUT2D eigenvalue weighted by Gasteiger charge is 2.35. The fourth-order valence-corrected chi connectivity index (χ4v) is 3.80. The van der Waals surface area contributed by atoms with Gasteiger partial charge in [-0.2, -0.15) is 0 Å². The molecule has 21 heavy (non-hydrogen) atoms. The second kappa shape index (κ2) is 5.43. The van der Waals surface area contributed by atoms with Gasteiger partial charge in [-0.05, 0) is 48.4 Å². The highest BCUT2D eigenvalue weighted by Crippen LogP contribution is 2.45. The van der Waals surface area contributed by atoms with Crippen molar-refractivity contribution < 1.29 is 17.9 Å². The van der Waals surface area contributed by atoms with Crippen LogP contribution in [0.2, 0.25) is 0 Å². The van der Waals surface area contributed by atoms with Crippen LogP contribution in [-0.2, 0) is 0 Å². The van der Waals surface area contributed by atoms with Crippen molar-refractivity contribution in [3.05, 3.63) is 23.8 Å². The molecule has 5 heteroatoms. The Kier molecular flexibility index (Phi) is 3.76. The molecule has 0 radical (unpaired) electrons. The first-order valence-electron chi connectivity index (χ1n) is 7.56. The van der Waals surface area contributed by atoms with Gasteiger partial charge in [0.05, 0.1) is 0 Å². The molecule has 3 rings (SSSR count). The van der Waals surface area contributed by atoms with Gasteiger partial charge in [0, 0.05) is 18.2 Å². The molecule has 2 nitrogen and oxygen atoms in total. The number of ether oxygens (including phenoxy) is 1. The Hall–Kier alpha value is -1.39. The largest absolute Gasteiger partial charge is 0.573 e. The lowest BCUT2D eigenvalue weighted by molar-refractivity contribution is -0.274. The van der Waals surface area contributed by atoms with E-state index in [1.807, 2.05) is 0 Å². The number of benzene rings is 1. The number of anilines is 1. The van der Waals surface area contributed by atoms with Crippen LogP contribution >= 0.6 is 0 Å². The van der Waals surface area contributed by atoms with Gasteiger partial charge in [0.15, 0.2) is 0 Å². The molecule has 1 saturated carbocycles. The second-order valence-electron chi connectivity index (χ2n) is 6.32. The Morgan fingerprint density at radius 3 is 2.76 bits per heavy atom. The number of rotatable bonds is 2. The van der Waals surface area contributed by atoms with Crippen LogP contribution in [0.3, 0.4) is 0 Å². The van der Waals surface area contributed by atoms with E-state index in [9.17, 15) is 13.2 Å². The van der Waals surface area contributed by atoms with Crippen LogP contribution in [0, 0.1) is 11.8 Å². The molecule has 1 aromatic carbocycles. The Labute approximate surface area is 122 Å². The number of halogens is 3. The van der Waals surface area contributed by atoms with Crippen molar-refractivity contribution in [2.75, 3.05) is 11.9 Å². The van der Waals surface area contributed by atoms with E-state index in [0.29, 0.717) is 17.8 Å². The Morgan fingerprint density at radius 1 is 1.24 bits per heavy atom. The highest BCUT2D eigenvalue weighted by molar-refractivity contribution is 5.60. The Balaban J connectivity index is 1.81. The summed E-state index contributed by atoms with van der Waals surface area (Å²) in [5.41, 5.74) is 1.93. The van der Waals surface area contributed by atoms with Gasteiger partial charge in [-0.3, -0.25) is 0 Å². The molecule has 1 heterocycles. The molecule has 0 amide bonds. The van der Waals surface area contributed by atoms with E-state index in [0.717, 1.165) is 24.2 Å². The van der Waals surface area contributed by atoms with Gasteiger partial charge in [0.2, 0.25) is 0 Å². The summed E-state index contributed by atoms with van der Waals surface area (Å²) >= 11 is 0. The minimum absolute atomic E-state index is 0.112. The molecule has 3 atom stereocenters. The van der Waals surface area contributed by atoms with E-state index >= 15 is 0 Å². The number of hydrogen-bond donors (Lipinski definition) is 1. The average molecular weight is 299 g/mol. The molecule has 1 fully saturated rings. The molecular formula is C16H20F3NO. The van der Waals surface area contributed by atoms with Crippen molar-refractivity contribution in [3.63, 3.8) is 0 Å². The fraction of sp³-hybridized carbons (Fsp3) is 0.625. The SMILES string of the molecule is CC1CCCC(C2CNc3ccc(OC(F)(F)F)cc32)C1. The zero-order valence-electron chi connectivity index (χ0n) is 12.0. The van der Waals surface area contributed by atoms with E-state index in [1.165, 1.54) is 25.3 Å². The van der Waals surface area contributed by atoms with Gasteiger partial charge in [-0.1, -0.05) is 19.8 Å². The normalized spacial score (nSPS) is 28.9. The van der Waals surface area contributed by atoms with Crippen molar-refractivity contribution in [1.29, 1.82) is 0 Å². The smallest absolute Gasteiger partial charge is 0.406 e. The second-order valence-corrected chi connectivity index (χ2v) is 6.32. The molecule has 3 unspecified atom stereocenters. The molecule has 0 spiro atoms. The standard InChI is InChI=1S/C16H20F3NO/c1-10-3-2-4-11(7-10)14-9-20-15-6-5-12(8-13(14)15)21-16(17,18)19/h5-6,8,10-11,14,20H,2-4,7,9H2,1H3. The first-order valence-corrected chi connectivity index (χ1v) is 7.56. The predicted octanol–water partition coefficient (Wildman–Crippen LogP) is 4.92. The van der Waals surface area contributed by atoms with Gasteiger partial charge < -0.3 is 10.1 Å². The van der Waals surface area contributed by atoms with Gasteiger partial charge >= 0.3 is 6.36 Å². The maximum Gasteiger partial charge on any atom is 0.573 e. The Bertz CT molecular complexity index is 515. The zero-order valence-corrected chi connectivity index (χ0v) is 12.0. The predicted molar refractivity (Wildman–Crippen MR) is 75.5 cm³/mol. The molecule has 1 aromatic rings. The summed E-state index contributed by atoms with van der Waals surface area (Å²) in [6.07, 6.45) is 0.183. The van der Waals surface area contributed by atoms with E-state index in [-0.39, 0.29) is 5.75 Å². The van der Waals surface area contributed by atoms with Crippen LogP contribution in [0.25, 0.3) is 0 Å². The summed E-state index contributed by atoms with van der Waals surface area (Å²) < 4.78 is 41.1. The van der Waals surface area contributed by atoms with Crippen molar-refractivity contribution in [3.8, 4) is 5.75 Å². The van der Waals surface area contributed by atoms with Crippen LogP contribution in [-0.4, -0.2) is 12.9 Å². The van der Waals surface area contributed by atoms with Crippen LogP contribution in [0.1, 0.15) is 44.1 Å². The number of alkyl halides is 3. The van der Waals surface area contributed by atoms with Crippen molar-refractivity contribution >= 4 is 5.69 Å². The van der Waals surface area contributed by atoms with Crippen LogP contribution in [0.5, 0.6) is 5.75 Å². The summed E-state index contributed by atoms with van der Waals surface area (Å²) in [5, 5.41) is 3.32. The summed E-state index contributed by atoms with van der Waals surface area (Å²) in [6.45, 7) is 3.08. The minimum atomic E-state index is -4.63. The van der Waals surface area contributed by atoms with Crippen molar-refractivity contribution in [1.82, 2.24) is 0 Å². The zero-order chi connectivity index (χ0) is 15.0. The minimum Gasteiger partial charge on any atom is -0.406 e. The van der Waals surface area contributed by atoms with Gasteiger partial charge in [0.25, 0.3) is 0 Å². The molecule has 1 aliphatic heterocycles. The molecule has 0 aromatic heterocycles. The van der Waals surface area contributed by atoms with Crippen LogP contribution < -0.4 is 10.1 Å². The van der Waals surface area contributed by atoms with E-state index in [4.69, 9.17) is 0 Å². The molecule has 0 bridgehead atoms. The molecule has 1 aliphatic carbocycles. The fourth-order valence-electron chi connectivity index (χ4n) is 3.80. The summed E-state index contributed by atoms with van der Waals surface area (Å²) in [7, 11) is 0. The monoisotopic (exact) mass is 299 g/mol. The summed E-state index contributed by atoms with van der Waals surface area (Å²) in [5.74, 6) is 1.46. The lowest BCUT2D eigenvalue weighted by Gasteiger charge is -2.31. The number of nitrogens with one attached hydrogen (secondary N) is 1. The van der Waals surface area contributed by atoms with Crippen molar-refractivity contribution in [2.24, 2.45) is 11.8 Å². The van der Waals surface area contributed by atoms with E-state index < -0.39 is 6.36 Å². The topological polar surface area (TPSA) is 21.3 Å². The third kappa shape index (κ3) is 3.27. The quantitative estimate of drug-likeness (QED) is 0.837.